The topological polar surface area (TPSA) is 129 Å². The van der Waals surface area contributed by atoms with Crippen LogP contribution in [0.4, 0.5) is 4.79 Å². The molecule has 34 heavy (non-hydrogen) atoms. The molecule has 184 valence electrons. The van der Waals surface area contributed by atoms with Crippen LogP contribution in [0.25, 0.3) is 0 Å². The quantitative estimate of drug-likeness (QED) is 0.285. The smallest absolute Gasteiger partial charge is 0.407 e. The maximum atomic E-state index is 12.4. The number of unbranched alkanes of at least 4 members (excludes halogenated alkanes) is 1. The first-order valence-corrected chi connectivity index (χ1v) is 11.2. The van der Waals surface area contributed by atoms with E-state index in [9.17, 15) is 14.4 Å². The Morgan fingerprint density at radius 3 is 2.15 bits per heavy atom. The average molecular weight is 472 g/mol. The first-order valence-electron chi connectivity index (χ1n) is 11.2. The van der Waals surface area contributed by atoms with Gasteiger partial charge in [-0.1, -0.05) is 60.7 Å². The van der Waals surface area contributed by atoms with Crippen molar-refractivity contribution in [1.29, 1.82) is 0 Å². The fourth-order valence-electron chi connectivity index (χ4n) is 3.06. The highest BCUT2D eigenvalue weighted by Crippen LogP contribution is 2.05. The van der Waals surface area contributed by atoms with Crippen molar-refractivity contribution >= 4 is 18.0 Å². The molecule has 9 nitrogen and oxygen atoms in total. The van der Waals surface area contributed by atoms with Crippen LogP contribution in [0.5, 0.6) is 0 Å². The summed E-state index contributed by atoms with van der Waals surface area (Å²) >= 11 is 0. The van der Waals surface area contributed by atoms with Gasteiger partial charge in [0.1, 0.15) is 18.7 Å². The molecule has 0 unspecified atom stereocenters. The van der Waals surface area contributed by atoms with E-state index in [1.54, 1.807) is 0 Å². The summed E-state index contributed by atoms with van der Waals surface area (Å²) in [6, 6.07) is 17.2. The lowest BCUT2D eigenvalue weighted by atomic mass is 10.1. The number of rotatable bonds is 14. The van der Waals surface area contributed by atoms with Crippen LogP contribution in [0.15, 0.2) is 60.7 Å². The number of alkyl carbamates (subject to hydrolysis) is 1. The third-order valence-electron chi connectivity index (χ3n) is 4.95. The molecule has 0 radical (unpaired) electrons. The van der Waals surface area contributed by atoms with E-state index in [2.05, 4.69) is 10.6 Å². The summed E-state index contributed by atoms with van der Waals surface area (Å²) in [7, 11) is 1.26. The zero-order valence-electron chi connectivity index (χ0n) is 19.4. The number of esters is 1. The first kappa shape index (κ1) is 26.8. The number of benzene rings is 2. The molecule has 0 spiro atoms. The number of methoxy groups -OCH3 is 1. The molecule has 9 heteroatoms. The zero-order chi connectivity index (χ0) is 24.6. The van der Waals surface area contributed by atoms with Crippen LogP contribution in [0.2, 0.25) is 0 Å². The molecule has 0 aliphatic rings. The number of carbonyl (C=O) groups is 3. The summed E-state index contributed by atoms with van der Waals surface area (Å²) in [5, 5.41) is 5.29. The molecule has 4 N–H and O–H groups in total. The Hall–Kier alpha value is -3.43. The molecule has 2 aromatic carbocycles. The van der Waals surface area contributed by atoms with Crippen molar-refractivity contribution in [3.63, 3.8) is 0 Å². The lowest BCUT2D eigenvalue weighted by Gasteiger charge is -2.19. The molecule has 0 aliphatic carbocycles. The van der Waals surface area contributed by atoms with Gasteiger partial charge in [-0.15, -0.1) is 0 Å². The van der Waals surface area contributed by atoms with Crippen LogP contribution in [-0.2, 0) is 37.0 Å². The molecule has 2 rings (SSSR count). The van der Waals surface area contributed by atoms with Crippen molar-refractivity contribution in [1.82, 2.24) is 10.6 Å². The minimum Gasteiger partial charge on any atom is -0.467 e. The Morgan fingerprint density at radius 2 is 1.53 bits per heavy atom. The summed E-state index contributed by atoms with van der Waals surface area (Å²) in [5.41, 5.74) is 7.77. The van der Waals surface area contributed by atoms with Crippen LogP contribution in [0.3, 0.4) is 0 Å². The Kier molecular flexibility index (Phi) is 12.2. The summed E-state index contributed by atoms with van der Waals surface area (Å²) in [6.07, 6.45) is 0.995. The van der Waals surface area contributed by atoms with Crippen LogP contribution in [-0.4, -0.2) is 50.3 Å². The summed E-state index contributed by atoms with van der Waals surface area (Å²) in [6.45, 7) is 0.924. The molecule has 0 aliphatic heterocycles. The van der Waals surface area contributed by atoms with Crippen molar-refractivity contribution in [2.24, 2.45) is 5.73 Å². The van der Waals surface area contributed by atoms with E-state index >= 15 is 0 Å². The molecule has 0 saturated heterocycles. The number of nitrogens with one attached hydrogen (secondary N) is 2. The molecular weight excluding hydrogens is 438 g/mol. The van der Waals surface area contributed by atoms with Crippen LogP contribution >= 0.6 is 0 Å². The van der Waals surface area contributed by atoms with Crippen molar-refractivity contribution in [2.75, 3.05) is 20.3 Å². The van der Waals surface area contributed by atoms with Gasteiger partial charge in [0.15, 0.2) is 0 Å². The van der Waals surface area contributed by atoms with Gasteiger partial charge in [-0.25, -0.2) is 9.59 Å². The van der Waals surface area contributed by atoms with Crippen molar-refractivity contribution < 1.29 is 28.6 Å². The fraction of sp³-hybridized carbons (Fsp3) is 0.400. The standard InChI is InChI=1S/C25H33N3O6/c1-32-24(30)22(28-23(29)21(26)18-33-16-19-10-4-2-5-11-19)14-8-9-15-27-25(31)34-17-20-12-6-3-7-13-20/h2-7,10-13,21-22H,8-9,14-18,26H2,1H3,(H,27,31)(H,28,29)/t21-,22-/m0/s1. The minimum atomic E-state index is -0.920. The molecular formula is C25H33N3O6. The summed E-state index contributed by atoms with van der Waals surface area (Å²) < 4.78 is 15.4. The second kappa shape index (κ2) is 15.4. The molecule has 2 aromatic rings. The highest BCUT2D eigenvalue weighted by atomic mass is 16.5. The molecule has 0 aromatic heterocycles. The number of hydrogen-bond acceptors (Lipinski definition) is 7. The predicted molar refractivity (Wildman–Crippen MR) is 127 cm³/mol. The third kappa shape index (κ3) is 10.5. The Balaban J connectivity index is 1.64. The molecule has 2 atom stereocenters. The van der Waals surface area contributed by atoms with Crippen LogP contribution in [0.1, 0.15) is 30.4 Å². The van der Waals surface area contributed by atoms with Gasteiger partial charge in [0.25, 0.3) is 0 Å². The molecule has 2 amide bonds. The lowest BCUT2D eigenvalue weighted by Crippen LogP contribution is -2.50. The third-order valence-corrected chi connectivity index (χ3v) is 4.95. The second-order valence-corrected chi connectivity index (χ2v) is 7.68. The molecule has 0 fully saturated rings. The van der Waals surface area contributed by atoms with Crippen LogP contribution < -0.4 is 16.4 Å². The monoisotopic (exact) mass is 471 g/mol. The average Bonchev–Trinajstić information content (AvgIpc) is 2.87. The maximum absolute atomic E-state index is 12.4. The molecule has 0 heterocycles. The van der Waals surface area contributed by atoms with E-state index in [1.165, 1.54) is 7.11 Å². The van der Waals surface area contributed by atoms with E-state index in [4.69, 9.17) is 19.9 Å². The van der Waals surface area contributed by atoms with E-state index in [0.29, 0.717) is 32.4 Å². The largest absolute Gasteiger partial charge is 0.467 e. The number of nitrogens with two attached hydrogens (primary N) is 1. The number of amides is 2. The van der Waals surface area contributed by atoms with Gasteiger partial charge in [0.2, 0.25) is 5.91 Å². The van der Waals surface area contributed by atoms with E-state index in [-0.39, 0.29) is 13.2 Å². The molecule has 0 saturated carbocycles. The van der Waals surface area contributed by atoms with Gasteiger partial charge >= 0.3 is 12.1 Å². The van der Waals surface area contributed by atoms with Gasteiger partial charge in [0.05, 0.1) is 20.3 Å². The van der Waals surface area contributed by atoms with Crippen molar-refractivity contribution in [3.8, 4) is 0 Å². The zero-order valence-corrected chi connectivity index (χ0v) is 19.4. The van der Waals surface area contributed by atoms with Crippen molar-refractivity contribution in [3.05, 3.63) is 71.8 Å². The summed E-state index contributed by atoms with van der Waals surface area (Å²) in [5.74, 6) is -1.05. The van der Waals surface area contributed by atoms with Gasteiger partial charge in [-0.3, -0.25) is 4.79 Å². The van der Waals surface area contributed by atoms with Crippen molar-refractivity contribution in [2.45, 2.75) is 44.6 Å². The minimum absolute atomic E-state index is 0.0175. The fourth-order valence-corrected chi connectivity index (χ4v) is 3.06. The number of hydrogen-bond donors (Lipinski definition) is 3. The van der Waals surface area contributed by atoms with E-state index in [0.717, 1.165) is 11.1 Å². The van der Waals surface area contributed by atoms with Gasteiger partial charge in [0, 0.05) is 6.54 Å². The summed E-state index contributed by atoms with van der Waals surface area (Å²) in [4.78, 5) is 36.2. The van der Waals surface area contributed by atoms with Gasteiger partial charge in [-0.2, -0.15) is 0 Å². The van der Waals surface area contributed by atoms with E-state index < -0.39 is 30.1 Å². The van der Waals surface area contributed by atoms with Gasteiger partial charge in [-0.05, 0) is 30.4 Å². The second-order valence-electron chi connectivity index (χ2n) is 7.68. The SMILES string of the molecule is COC(=O)[C@H](CCCCNC(=O)OCc1ccccc1)NC(=O)[C@@H](N)COCc1ccccc1. The normalized spacial score (nSPS) is 12.3. The predicted octanol–water partition coefficient (Wildman–Crippen LogP) is 2.29. The highest BCUT2D eigenvalue weighted by molar-refractivity contribution is 5.87. The number of ether oxygens (including phenoxy) is 3. The van der Waals surface area contributed by atoms with E-state index in [1.807, 2.05) is 60.7 Å². The Bertz CT molecular complexity index is 879. The Morgan fingerprint density at radius 1 is 0.912 bits per heavy atom. The van der Waals surface area contributed by atoms with Crippen LogP contribution in [0, 0.1) is 0 Å². The number of carbonyl (C=O) groups excluding carboxylic acids is 3. The lowest BCUT2D eigenvalue weighted by molar-refractivity contribution is -0.145. The molecule has 0 bridgehead atoms. The van der Waals surface area contributed by atoms with Gasteiger partial charge < -0.3 is 30.6 Å². The Labute approximate surface area is 199 Å². The highest BCUT2D eigenvalue weighted by Gasteiger charge is 2.24. The maximum Gasteiger partial charge on any atom is 0.407 e. The first-order chi connectivity index (χ1) is 16.5.